The summed E-state index contributed by atoms with van der Waals surface area (Å²) in [4.78, 5) is 0. The maximum Gasteiger partial charge on any atom is 0.402 e. The third kappa shape index (κ3) is 23.8. The van der Waals surface area contributed by atoms with Gasteiger partial charge in [0.1, 0.15) is 12.5 Å². The summed E-state index contributed by atoms with van der Waals surface area (Å²) in [5.41, 5.74) is 21.7. The van der Waals surface area contributed by atoms with E-state index in [0.29, 0.717) is 38.8 Å². The van der Waals surface area contributed by atoms with Crippen LogP contribution in [0.5, 0.6) is 0 Å². The molecule has 0 aromatic carbocycles. The molecular weight excluding hydrogens is 368 g/mol. The summed E-state index contributed by atoms with van der Waals surface area (Å²) in [6, 6.07) is 0. The Morgan fingerprint density at radius 2 is 1.04 bits per heavy atom. The second-order valence-corrected chi connectivity index (χ2v) is 6.79. The van der Waals surface area contributed by atoms with Crippen molar-refractivity contribution in [2.45, 2.75) is 51.0 Å². The van der Waals surface area contributed by atoms with Gasteiger partial charge in [-0.25, -0.2) is 8.37 Å². The normalized spacial score (nSPS) is 14.6. The lowest BCUT2D eigenvalue weighted by atomic mass is 10.2. The van der Waals surface area contributed by atoms with Crippen molar-refractivity contribution in [3.63, 3.8) is 0 Å². The van der Waals surface area contributed by atoms with Gasteiger partial charge in [-0.15, -0.1) is 0 Å². The largest absolute Gasteiger partial charge is 0.402 e. The van der Waals surface area contributed by atoms with Crippen molar-refractivity contribution in [1.29, 1.82) is 0 Å². The number of nitrogens with two attached hydrogens (primary N) is 4. The highest BCUT2D eigenvalue weighted by atomic mass is 32.3. The molecule has 14 heteroatoms. The van der Waals surface area contributed by atoms with Crippen LogP contribution < -0.4 is 22.9 Å². The molecule has 2 unspecified atom stereocenters. The maximum absolute atomic E-state index is 11.5. The van der Waals surface area contributed by atoms with Crippen LogP contribution in [0.2, 0.25) is 0 Å². The highest BCUT2D eigenvalue weighted by Crippen LogP contribution is 2.09. The lowest BCUT2D eigenvalue weighted by molar-refractivity contribution is 0.117. The van der Waals surface area contributed by atoms with Gasteiger partial charge >= 0.3 is 20.8 Å². The number of hydrogen-bond donors (Lipinski definition) is 6. The third-order valence-electron chi connectivity index (χ3n) is 2.37. The Bertz CT molecular complexity index is 467. The van der Waals surface area contributed by atoms with Crippen molar-refractivity contribution in [2.24, 2.45) is 22.9 Å². The predicted molar refractivity (Wildman–Crippen MR) is 87.0 cm³/mol. The molecule has 0 saturated carbocycles. The van der Waals surface area contributed by atoms with Crippen LogP contribution in [0.15, 0.2) is 0 Å². The maximum atomic E-state index is 11.5. The van der Waals surface area contributed by atoms with Gasteiger partial charge in [-0.3, -0.25) is 9.11 Å². The summed E-state index contributed by atoms with van der Waals surface area (Å²) in [7, 11) is -8.83. The first-order chi connectivity index (χ1) is 10.9. The van der Waals surface area contributed by atoms with Crippen LogP contribution in [-0.4, -0.2) is 51.5 Å². The molecule has 0 rings (SSSR count). The average molecular weight is 396 g/mol. The van der Waals surface area contributed by atoms with Crippen molar-refractivity contribution in [1.82, 2.24) is 0 Å². The second kappa shape index (κ2) is 13.8. The summed E-state index contributed by atoms with van der Waals surface area (Å²) in [6.07, 6.45) is 1.81. The van der Waals surface area contributed by atoms with E-state index in [9.17, 15) is 8.42 Å². The van der Waals surface area contributed by atoms with Gasteiger partial charge in [0.2, 0.25) is 0 Å². The smallest absolute Gasteiger partial charge is 0.330 e. The molecule has 0 aliphatic rings. The lowest BCUT2D eigenvalue weighted by Gasteiger charge is -2.15. The van der Waals surface area contributed by atoms with E-state index in [1.807, 2.05) is 0 Å². The van der Waals surface area contributed by atoms with Gasteiger partial charge in [-0.1, -0.05) is 0 Å². The van der Waals surface area contributed by atoms with Gasteiger partial charge < -0.3 is 22.9 Å². The quantitative estimate of drug-likeness (QED) is 0.125. The van der Waals surface area contributed by atoms with Crippen LogP contribution in [0, 0.1) is 0 Å². The van der Waals surface area contributed by atoms with E-state index in [-0.39, 0.29) is 0 Å². The molecule has 0 aromatic rings. The second-order valence-electron chi connectivity index (χ2n) is 4.69. The summed E-state index contributed by atoms with van der Waals surface area (Å²) in [5, 5.41) is 0. The SMILES string of the molecule is NCCCCC(N)OS(=O)(=O)OC(N)CCCCN.O=S(=O)(O)O. The van der Waals surface area contributed by atoms with E-state index >= 15 is 0 Å². The Hall–Kier alpha value is -0.420. The predicted octanol–water partition coefficient (Wildman–Crippen LogP) is -1.56. The minimum atomic E-state index is -4.67. The highest BCUT2D eigenvalue weighted by molar-refractivity contribution is 7.81. The minimum absolute atomic E-state index is 0.391. The molecule has 0 radical (unpaired) electrons. The zero-order chi connectivity index (χ0) is 19.2. The monoisotopic (exact) mass is 396 g/mol. The Balaban J connectivity index is 0. The molecule has 0 heterocycles. The molecule has 12 nitrogen and oxygen atoms in total. The van der Waals surface area contributed by atoms with Crippen molar-refractivity contribution in [3.05, 3.63) is 0 Å². The first-order valence-electron chi connectivity index (χ1n) is 7.14. The van der Waals surface area contributed by atoms with Crippen LogP contribution >= 0.6 is 0 Å². The van der Waals surface area contributed by atoms with Gasteiger partial charge in [0.05, 0.1) is 0 Å². The van der Waals surface area contributed by atoms with Crippen LogP contribution in [0.1, 0.15) is 38.5 Å². The standard InChI is InChI=1S/C10H26N4O4S.H2O4S/c11-7-3-1-5-9(13)17-19(15,16)18-10(14)6-2-4-8-12;1-5(2,3)4/h9-10H,1-8,11-14H2;(H2,1,2,3,4). The van der Waals surface area contributed by atoms with E-state index in [2.05, 4.69) is 8.37 Å². The van der Waals surface area contributed by atoms with E-state index < -0.39 is 33.3 Å². The molecule has 0 spiro atoms. The van der Waals surface area contributed by atoms with E-state index in [1.165, 1.54) is 0 Å². The zero-order valence-corrected chi connectivity index (χ0v) is 14.9. The number of unbranched alkanes of at least 4 members (excludes halogenated alkanes) is 2. The first-order valence-corrected chi connectivity index (χ1v) is 9.87. The molecule has 0 aliphatic carbocycles. The van der Waals surface area contributed by atoms with Crippen molar-refractivity contribution in [2.75, 3.05) is 13.1 Å². The Morgan fingerprint density at radius 1 is 0.750 bits per heavy atom. The van der Waals surface area contributed by atoms with Gasteiger partial charge in [0.15, 0.2) is 0 Å². The molecule has 10 N–H and O–H groups in total. The van der Waals surface area contributed by atoms with Crippen molar-refractivity contribution >= 4 is 20.8 Å². The molecule has 2 atom stereocenters. The van der Waals surface area contributed by atoms with Crippen molar-refractivity contribution in [3.8, 4) is 0 Å². The van der Waals surface area contributed by atoms with Crippen LogP contribution in [0.4, 0.5) is 0 Å². The summed E-state index contributed by atoms with van der Waals surface area (Å²) in [5.74, 6) is 0. The zero-order valence-electron chi connectivity index (χ0n) is 13.3. The minimum Gasteiger partial charge on any atom is -0.330 e. The molecule has 0 saturated heterocycles. The average Bonchev–Trinajstić information content (AvgIpc) is 2.35. The summed E-state index contributed by atoms with van der Waals surface area (Å²) in [6.45, 7) is 1.06. The molecule has 0 amide bonds. The van der Waals surface area contributed by atoms with Crippen LogP contribution in [0.3, 0.4) is 0 Å². The molecule has 0 aromatic heterocycles. The molecule has 148 valence electrons. The molecule has 0 bridgehead atoms. The fourth-order valence-corrected chi connectivity index (χ4v) is 2.24. The van der Waals surface area contributed by atoms with Crippen molar-refractivity contribution < 1.29 is 34.3 Å². The van der Waals surface area contributed by atoms with E-state index in [0.717, 1.165) is 12.8 Å². The van der Waals surface area contributed by atoms with Gasteiger partial charge in [0.25, 0.3) is 0 Å². The molecule has 0 aliphatic heterocycles. The van der Waals surface area contributed by atoms with Crippen LogP contribution in [0.25, 0.3) is 0 Å². The summed E-state index contributed by atoms with van der Waals surface area (Å²) < 4.78 is 63.8. The third-order valence-corrected chi connectivity index (χ3v) is 3.33. The molecular formula is C10H28N4O8S2. The Morgan fingerprint density at radius 3 is 1.29 bits per heavy atom. The number of hydrogen-bond acceptors (Lipinski definition) is 10. The van der Waals surface area contributed by atoms with Gasteiger partial charge in [-0.05, 0) is 51.6 Å². The number of rotatable bonds is 12. The fraction of sp³-hybridized carbons (Fsp3) is 1.00. The Kier molecular flexibility index (Phi) is 14.9. The van der Waals surface area contributed by atoms with Gasteiger partial charge in [-0.2, -0.15) is 16.8 Å². The lowest BCUT2D eigenvalue weighted by Crippen LogP contribution is -2.33. The van der Waals surface area contributed by atoms with Gasteiger partial charge in [0, 0.05) is 0 Å². The van der Waals surface area contributed by atoms with Crippen LogP contribution in [-0.2, 0) is 29.2 Å². The molecule has 24 heavy (non-hydrogen) atoms. The molecule has 0 fully saturated rings. The van der Waals surface area contributed by atoms with E-state index in [4.69, 9.17) is 40.5 Å². The summed E-state index contributed by atoms with van der Waals surface area (Å²) >= 11 is 0. The fourth-order valence-electron chi connectivity index (χ4n) is 1.40. The Labute approximate surface area is 142 Å². The highest BCUT2D eigenvalue weighted by Gasteiger charge is 2.20. The topological polar surface area (TPSA) is 231 Å². The van der Waals surface area contributed by atoms with E-state index in [1.54, 1.807) is 0 Å². The first kappa shape index (κ1) is 25.8.